The van der Waals surface area contributed by atoms with E-state index < -0.39 is 12.0 Å². The fourth-order valence-corrected chi connectivity index (χ4v) is 1.67. The molecule has 1 fully saturated rings. The van der Waals surface area contributed by atoms with Crippen LogP contribution in [0.4, 0.5) is 0 Å². The number of aliphatic carboxylic acids is 1. The van der Waals surface area contributed by atoms with E-state index in [9.17, 15) is 9.59 Å². The van der Waals surface area contributed by atoms with E-state index in [0.717, 1.165) is 19.3 Å². The van der Waals surface area contributed by atoms with Crippen LogP contribution in [-0.2, 0) is 14.3 Å². The highest BCUT2D eigenvalue weighted by Gasteiger charge is 2.39. The molecule has 0 aliphatic heterocycles. The van der Waals surface area contributed by atoms with Crippen LogP contribution in [0, 0.1) is 0 Å². The smallest absolute Gasteiger partial charge is 0.325 e. The van der Waals surface area contributed by atoms with Crippen molar-refractivity contribution in [3.8, 4) is 0 Å². The molecule has 1 aliphatic carbocycles. The summed E-state index contributed by atoms with van der Waals surface area (Å²) in [6.07, 6.45) is 3.06. The lowest BCUT2D eigenvalue weighted by Gasteiger charge is -2.40. The Morgan fingerprint density at radius 2 is 2.13 bits per heavy atom. The lowest BCUT2D eigenvalue weighted by Crippen LogP contribution is -2.46. The SMILES string of the molecule is COC1(CC(=O)NC(C)C(=O)O)CCC1. The van der Waals surface area contributed by atoms with Crippen molar-refractivity contribution in [3.05, 3.63) is 0 Å². The number of hydrogen-bond acceptors (Lipinski definition) is 3. The van der Waals surface area contributed by atoms with Crippen molar-refractivity contribution in [1.29, 1.82) is 0 Å². The molecule has 0 aromatic rings. The van der Waals surface area contributed by atoms with Crippen LogP contribution in [0.3, 0.4) is 0 Å². The van der Waals surface area contributed by atoms with Gasteiger partial charge in [0.1, 0.15) is 6.04 Å². The van der Waals surface area contributed by atoms with E-state index in [0.29, 0.717) is 0 Å². The Morgan fingerprint density at radius 3 is 2.47 bits per heavy atom. The zero-order chi connectivity index (χ0) is 11.5. The molecule has 2 N–H and O–H groups in total. The largest absolute Gasteiger partial charge is 0.480 e. The average Bonchev–Trinajstić information content (AvgIpc) is 2.11. The van der Waals surface area contributed by atoms with Crippen molar-refractivity contribution in [3.63, 3.8) is 0 Å². The lowest BCUT2D eigenvalue weighted by atomic mass is 9.77. The van der Waals surface area contributed by atoms with E-state index in [1.807, 2.05) is 0 Å². The Balaban J connectivity index is 2.38. The first-order chi connectivity index (χ1) is 6.99. The zero-order valence-corrected chi connectivity index (χ0v) is 9.08. The molecule has 0 aromatic carbocycles. The molecule has 0 spiro atoms. The molecular weight excluding hydrogens is 198 g/mol. The third-order valence-electron chi connectivity index (χ3n) is 2.93. The number of carbonyl (C=O) groups is 2. The summed E-state index contributed by atoms with van der Waals surface area (Å²) < 4.78 is 5.28. The van der Waals surface area contributed by atoms with Gasteiger partial charge in [-0.3, -0.25) is 9.59 Å². The standard InChI is InChI=1S/C10H17NO4/c1-7(9(13)14)11-8(12)6-10(15-2)4-3-5-10/h7H,3-6H2,1-2H3,(H,11,12)(H,13,14). The van der Waals surface area contributed by atoms with Crippen LogP contribution in [0.5, 0.6) is 0 Å². The van der Waals surface area contributed by atoms with Crippen LogP contribution in [-0.4, -0.2) is 35.7 Å². The van der Waals surface area contributed by atoms with Crippen molar-refractivity contribution in [2.45, 2.75) is 44.2 Å². The van der Waals surface area contributed by atoms with Gasteiger partial charge < -0.3 is 15.2 Å². The summed E-state index contributed by atoms with van der Waals surface area (Å²) in [4.78, 5) is 22.0. The predicted molar refractivity (Wildman–Crippen MR) is 53.4 cm³/mol. The Bertz CT molecular complexity index is 255. The molecule has 0 aromatic heterocycles. The van der Waals surface area contributed by atoms with Gasteiger partial charge in [-0.1, -0.05) is 0 Å². The Morgan fingerprint density at radius 1 is 1.53 bits per heavy atom. The van der Waals surface area contributed by atoms with E-state index in [4.69, 9.17) is 9.84 Å². The van der Waals surface area contributed by atoms with Crippen LogP contribution >= 0.6 is 0 Å². The average molecular weight is 215 g/mol. The number of rotatable bonds is 5. The molecule has 0 saturated heterocycles. The van der Waals surface area contributed by atoms with Gasteiger partial charge in [-0.25, -0.2) is 0 Å². The number of hydrogen-bond donors (Lipinski definition) is 2. The van der Waals surface area contributed by atoms with Crippen LogP contribution in [0.1, 0.15) is 32.6 Å². The number of carboxylic acid groups (broad SMARTS) is 1. The minimum Gasteiger partial charge on any atom is -0.480 e. The first-order valence-electron chi connectivity index (χ1n) is 5.06. The maximum absolute atomic E-state index is 11.5. The van der Waals surface area contributed by atoms with Gasteiger partial charge in [0.2, 0.25) is 5.91 Å². The van der Waals surface area contributed by atoms with Crippen molar-refractivity contribution >= 4 is 11.9 Å². The van der Waals surface area contributed by atoms with E-state index in [1.165, 1.54) is 6.92 Å². The molecule has 1 rings (SSSR count). The fraction of sp³-hybridized carbons (Fsp3) is 0.800. The highest BCUT2D eigenvalue weighted by Crippen LogP contribution is 2.37. The maximum atomic E-state index is 11.5. The summed E-state index contributed by atoms with van der Waals surface area (Å²) in [5.74, 6) is -1.28. The maximum Gasteiger partial charge on any atom is 0.325 e. The van der Waals surface area contributed by atoms with E-state index in [1.54, 1.807) is 7.11 Å². The molecule has 1 aliphatic rings. The first kappa shape index (κ1) is 12.0. The fourth-order valence-electron chi connectivity index (χ4n) is 1.67. The Kier molecular flexibility index (Phi) is 3.68. The van der Waals surface area contributed by atoms with Crippen molar-refractivity contribution in [1.82, 2.24) is 5.32 Å². The molecule has 1 saturated carbocycles. The zero-order valence-electron chi connectivity index (χ0n) is 9.08. The molecular formula is C10H17NO4. The van der Waals surface area contributed by atoms with Gasteiger partial charge in [0, 0.05) is 7.11 Å². The molecule has 86 valence electrons. The highest BCUT2D eigenvalue weighted by atomic mass is 16.5. The van der Waals surface area contributed by atoms with Crippen molar-refractivity contribution in [2.24, 2.45) is 0 Å². The second-order valence-corrected chi connectivity index (χ2v) is 4.04. The molecule has 5 nitrogen and oxygen atoms in total. The number of ether oxygens (including phenoxy) is 1. The Hall–Kier alpha value is -1.10. The van der Waals surface area contributed by atoms with Crippen LogP contribution in [0.15, 0.2) is 0 Å². The minimum absolute atomic E-state index is 0.251. The van der Waals surface area contributed by atoms with E-state index in [-0.39, 0.29) is 17.9 Å². The molecule has 15 heavy (non-hydrogen) atoms. The molecule has 1 unspecified atom stereocenters. The molecule has 0 heterocycles. The number of methoxy groups -OCH3 is 1. The Labute approximate surface area is 88.8 Å². The van der Waals surface area contributed by atoms with Gasteiger partial charge in [0.25, 0.3) is 0 Å². The quantitative estimate of drug-likeness (QED) is 0.701. The van der Waals surface area contributed by atoms with Crippen LogP contribution < -0.4 is 5.32 Å². The van der Waals surface area contributed by atoms with Gasteiger partial charge in [-0.2, -0.15) is 0 Å². The topological polar surface area (TPSA) is 75.6 Å². The summed E-state index contributed by atoms with van der Waals surface area (Å²) >= 11 is 0. The lowest BCUT2D eigenvalue weighted by molar-refractivity contribution is -0.144. The van der Waals surface area contributed by atoms with E-state index in [2.05, 4.69) is 5.32 Å². The van der Waals surface area contributed by atoms with E-state index >= 15 is 0 Å². The third kappa shape index (κ3) is 2.92. The first-order valence-corrected chi connectivity index (χ1v) is 5.06. The third-order valence-corrected chi connectivity index (χ3v) is 2.93. The molecule has 1 atom stereocenters. The molecule has 0 radical (unpaired) electrons. The van der Waals surface area contributed by atoms with Crippen LogP contribution in [0.2, 0.25) is 0 Å². The summed E-state index contributed by atoms with van der Waals surface area (Å²) in [6, 6.07) is -0.841. The molecule has 1 amide bonds. The normalized spacial score (nSPS) is 20.1. The summed E-state index contributed by atoms with van der Waals surface area (Å²) in [7, 11) is 1.59. The van der Waals surface area contributed by atoms with Gasteiger partial charge in [0.15, 0.2) is 0 Å². The predicted octanol–water partition coefficient (Wildman–Crippen LogP) is 0.535. The van der Waals surface area contributed by atoms with Gasteiger partial charge in [-0.15, -0.1) is 0 Å². The molecule has 0 bridgehead atoms. The summed E-state index contributed by atoms with van der Waals surface area (Å²) in [5, 5.41) is 11.0. The van der Waals surface area contributed by atoms with Crippen molar-refractivity contribution < 1.29 is 19.4 Å². The van der Waals surface area contributed by atoms with Crippen LogP contribution in [0.25, 0.3) is 0 Å². The summed E-state index contributed by atoms with van der Waals surface area (Å²) in [5.41, 5.74) is -0.345. The second-order valence-electron chi connectivity index (χ2n) is 4.04. The summed E-state index contributed by atoms with van der Waals surface area (Å²) in [6.45, 7) is 1.44. The monoisotopic (exact) mass is 215 g/mol. The number of carbonyl (C=O) groups excluding carboxylic acids is 1. The molecule has 5 heteroatoms. The van der Waals surface area contributed by atoms with Gasteiger partial charge >= 0.3 is 5.97 Å². The number of nitrogens with one attached hydrogen (secondary N) is 1. The highest BCUT2D eigenvalue weighted by molar-refractivity contribution is 5.83. The van der Waals surface area contributed by atoms with Gasteiger partial charge in [-0.05, 0) is 26.2 Å². The number of amides is 1. The van der Waals surface area contributed by atoms with Crippen molar-refractivity contribution in [2.75, 3.05) is 7.11 Å². The second kappa shape index (κ2) is 4.61. The van der Waals surface area contributed by atoms with Gasteiger partial charge in [0.05, 0.1) is 12.0 Å². The minimum atomic E-state index is -1.02. The number of carboxylic acids is 1.